The molecule has 1 aliphatic rings. The number of rotatable bonds is 7. The number of imide groups is 1. The van der Waals surface area contributed by atoms with E-state index in [-0.39, 0.29) is 12.1 Å². The molecule has 7 nitrogen and oxygen atoms in total. The smallest absolute Gasteiger partial charge is 0.326 e. The second kappa shape index (κ2) is 10.3. The zero-order valence-electron chi connectivity index (χ0n) is 19.7. The van der Waals surface area contributed by atoms with Gasteiger partial charge in [-0.25, -0.2) is 4.90 Å². The summed E-state index contributed by atoms with van der Waals surface area (Å²) in [7, 11) is 0. The van der Waals surface area contributed by atoms with Gasteiger partial charge in [0.25, 0.3) is 17.7 Å². The molecule has 5 rings (SSSR count). The minimum atomic E-state index is -0.606. The van der Waals surface area contributed by atoms with E-state index in [4.69, 9.17) is 4.74 Å². The van der Waals surface area contributed by atoms with Crippen LogP contribution in [-0.2, 0) is 9.53 Å². The Hall–Kier alpha value is -5.04. The van der Waals surface area contributed by atoms with Gasteiger partial charge in [0.2, 0.25) is 0 Å². The van der Waals surface area contributed by atoms with E-state index >= 15 is 0 Å². The number of fused-ring (bicyclic) bond motifs is 1. The number of nitrogens with zero attached hydrogens (tertiary/aromatic N) is 1. The highest BCUT2D eigenvalue weighted by Gasteiger charge is 2.36. The summed E-state index contributed by atoms with van der Waals surface area (Å²) in [6.45, 7) is -0.324. The van der Waals surface area contributed by atoms with Crippen molar-refractivity contribution < 1.29 is 23.9 Å². The molecule has 0 atom stereocenters. The summed E-state index contributed by atoms with van der Waals surface area (Å²) in [5.74, 6) is -1.89. The van der Waals surface area contributed by atoms with Gasteiger partial charge in [-0.1, -0.05) is 72.8 Å². The van der Waals surface area contributed by atoms with Crippen molar-refractivity contribution in [3.63, 3.8) is 0 Å². The lowest BCUT2D eigenvalue weighted by atomic mass is 10.0. The number of anilines is 1. The average Bonchev–Trinajstić information content (AvgIpc) is 3.21. The molecular formula is C30H22N2O5. The van der Waals surface area contributed by atoms with Crippen molar-refractivity contribution in [1.82, 2.24) is 5.32 Å². The fraction of sp³-hybridized carbons (Fsp3) is 0.0667. The van der Waals surface area contributed by atoms with Crippen molar-refractivity contribution >= 4 is 29.4 Å². The van der Waals surface area contributed by atoms with E-state index in [9.17, 15) is 19.2 Å². The molecule has 3 amide bonds. The Morgan fingerprint density at radius 1 is 0.676 bits per heavy atom. The first-order valence-corrected chi connectivity index (χ1v) is 11.7. The lowest BCUT2D eigenvalue weighted by molar-refractivity contribution is -0.146. The lowest BCUT2D eigenvalue weighted by Gasteiger charge is -2.19. The summed E-state index contributed by atoms with van der Waals surface area (Å²) in [4.78, 5) is 51.7. The monoisotopic (exact) mass is 490 g/mol. The van der Waals surface area contributed by atoms with E-state index in [0.717, 1.165) is 16.0 Å². The van der Waals surface area contributed by atoms with Crippen molar-refractivity contribution in [3.8, 4) is 0 Å². The second-order valence-corrected chi connectivity index (χ2v) is 8.41. The number of esters is 1. The molecule has 0 fully saturated rings. The molecule has 0 spiro atoms. The lowest BCUT2D eigenvalue weighted by Crippen LogP contribution is -2.32. The highest BCUT2D eigenvalue weighted by Crippen LogP contribution is 2.28. The van der Waals surface area contributed by atoms with E-state index < -0.39 is 29.8 Å². The first-order chi connectivity index (χ1) is 18.0. The van der Waals surface area contributed by atoms with Gasteiger partial charge in [0.05, 0.1) is 16.8 Å². The van der Waals surface area contributed by atoms with Crippen molar-refractivity contribution in [2.24, 2.45) is 0 Å². The van der Waals surface area contributed by atoms with Gasteiger partial charge in [-0.3, -0.25) is 19.2 Å². The Morgan fingerprint density at radius 2 is 1.16 bits per heavy atom. The average molecular weight is 491 g/mol. The van der Waals surface area contributed by atoms with Crippen LogP contribution in [0.1, 0.15) is 48.3 Å². The molecule has 1 heterocycles. The molecule has 1 aliphatic heterocycles. The number of carbonyl (C=O) groups excluding carboxylic acids is 4. The van der Waals surface area contributed by atoms with E-state index in [1.54, 1.807) is 24.3 Å². The van der Waals surface area contributed by atoms with Gasteiger partial charge < -0.3 is 10.1 Å². The highest BCUT2D eigenvalue weighted by atomic mass is 16.5. The number of nitrogens with one attached hydrogen (secondary N) is 1. The molecule has 4 aromatic rings. The van der Waals surface area contributed by atoms with Crippen molar-refractivity contribution in [3.05, 3.63) is 137 Å². The third-order valence-electron chi connectivity index (χ3n) is 6.03. The van der Waals surface area contributed by atoms with E-state index in [1.807, 2.05) is 60.7 Å². The number of hydrogen-bond donors (Lipinski definition) is 1. The van der Waals surface area contributed by atoms with Gasteiger partial charge in [-0.15, -0.1) is 0 Å². The molecule has 0 saturated carbocycles. The molecule has 0 bridgehead atoms. The minimum Gasteiger partial charge on any atom is -0.451 e. The third-order valence-corrected chi connectivity index (χ3v) is 6.03. The molecule has 1 N–H and O–H groups in total. The Balaban J connectivity index is 1.22. The first kappa shape index (κ1) is 23.7. The van der Waals surface area contributed by atoms with E-state index in [1.165, 1.54) is 24.3 Å². The van der Waals surface area contributed by atoms with Gasteiger partial charge in [-0.2, -0.15) is 0 Å². The van der Waals surface area contributed by atoms with Crippen LogP contribution < -0.4 is 10.2 Å². The predicted octanol–water partition coefficient (Wildman–Crippen LogP) is 4.55. The van der Waals surface area contributed by atoms with Crippen LogP contribution in [0.15, 0.2) is 109 Å². The van der Waals surface area contributed by atoms with Crippen molar-refractivity contribution in [2.45, 2.75) is 6.10 Å². The molecule has 7 heteroatoms. The highest BCUT2D eigenvalue weighted by molar-refractivity contribution is 6.34. The molecule has 0 unspecified atom stereocenters. The van der Waals surface area contributed by atoms with Crippen LogP contribution in [0.4, 0.5) is 5.69 Å². The van der Waals surface area contributed by atoms with Gasteiger partial charge in [0, 0.05) is 5.56 Å². The van der Waals surface area contributed by atoms with Crippen LogP contribution in [0.2, 0.25) is 0 Å². The summed E-state index contributed by atoms with van der Waals surface area (Å²) < 4.78 is 5.71. The number of amides is 3. The molecule has 4 aromatic carbocycles. The van der Waals surface area contributed by atoms with Crippen LogP contribution in [0.5, 0.6) is 0 Å². The van der Waals surface area contributed by atoms with Crippen LogP contribution in [0.25, 0.3) is 0 Å². The number of hydrogen-bond acceptors (Lipinski definition) is 5. The molecule has 0 saturated heterocycles. The van der Waals surface area contributed by atoms with Crippen LogP contribution in [0, 0.1) is 0 Å². The summed E-state index contributed by atoms with van der Waals surface area (Å²) in [6, 6.07) is 31.4. The molecule has 0 aromatic heterocycles. The zero-order chi connectivity index (χ0) is 25.8. The Kier molecular flexibility index (Phi) is 6.59. The maximum atomic E-state index is 12.7. The largest absolute Gasteiger partial charge is 0.451 e. The van der Waals surface area contributed by atoms with E-state index in [2.05, 4.69) is 5.32 Å². The fourth-order valence-corrected chi connectivity index (χ4v) is 4.20. The zero-order valence-corrected chi connectivity index (χ0v) is 19.7. The Bertz CT molecular complexity index is 1390. The van der Waals surface area contributed by atoms with Crippen molar-refractivity contribution in [1.29, 1.82) is 0 Å². The first-order valence-electron chi connectivity index (χ1n) is 11.7. The summed E-state index contributed by atoms with van der Waals surface area (Å²) >= 11 is 0. The topological polar surface area (TPSA) is 92.8 Å². The third kappa shape index (κ3) is 4.88. The summed E-state index contributed by atoms with van der Waals surface area (Å²) in [5, 5.41) is 2.57. The maximum absolute atomic E-state index is 12.7. The minimum absolute atomic E-state index is 0.274. The van der Waals surface area contributed by atoms with Gasteiger partial charge in [0.1, 0.15) is 6.54 Å². The van der Waals surface area contributed by atoms with Gasteiger partial charge in [0.15, 0.2) is 6.10 Å². The van der Waals surface area contributed by atoms with Crippen LogP contribution in [0.3, 0.4) is 0 Å². The van der Waals surface area contributed by atoms with Gasteiger partial charge >= 0.3 is 5.97 Å². The second-order valence-electron chi connectivity index (χ2n) is 8.41. The van der Waals surface area contributed by atoms with Crippen LogP contribution >= 0.6 is 0 Å². The maximum Gasteiger partial charge on any atom is 0.326 e. The molecule has 37 heavy (non-hydrogen) atoms. The quantitative estimate of drug-likeness (QED) is 0.303. The molecule has 182 valence electrons. The van der Waals surface area contributed by atoms with E-state index in [0.29, 0.717) is 16.8 Å². The van der Waals surface area contributed by atoms with Gasteiger partial charge in [-0.05, 0) is 47.5 Å². The predicted molar refractivity (Wildman–Crippen MR) is 137 cm³/mol. The molecule has 0 radical (unpaired) electrons. The number of benzene rings is 4. The Labute approximate surface area is 213 Å². The SMILES string of the molecule is O=C(CNC(=O)c1ccc(N2C(=O)c3ccccc3C2=O)cc1)OC(c1ccccc1)c1ccccc1. The normalized spacial score (nSPS) is 12.4. The summed E-state index contributed by atoms with van der Waals surface area (Å²) in [5.41, 5.74) is 2.95. The number of ether oxygens (including phenoxy) is 1. The number of carbonyl (C=O) groups is 4. The standard InChI is InChI=1S/C30H22N2O5/c33-26(37-27(20-9-3-1-4-10-20)21-11-5-2-6-12-21)19-31-28(34)22-15-17-23(18-16-22)32-29(35)24-13-7-8-14-25(24)30(32)36/h1-18,27H,19H2,(H,31,34). The van der Waals surface area contributed by atoms with Crippen molar-refractivity contribution in [2.75, 3.05) is 11.4 Å². The fourth-order valence-electron chi connectivity index (χ4n) is 4.20. The molecular weight excluding hydrogens is 468 g/mol. The Morgan fingerprint density at radius 3 is 1.68 bits per heavy atom. The summed E-state index contributed by atoms with van der Waals surface area (Å²) in [6.07, 6.45) is -0.606. The van der Waals surface area contributed by atoms with Crippen LogP contribution in [-0.4, -0.2) is 30.2 Å². The molecule has 0 aliphatic carbocycles.